The number of aliphatic hydroxyl groups is 1. The van der Waals surface area contributed by atoms with Crippen molar-refractivity contribution in [2.45, 2.75) is 31.7 Å². The van der Waals surface area contributed by atoms with Crippen molar-refractivity contribution >= 4 is 17.1 Å². The van der Waals surface area contributed by atoms with Crippen molar-refractivity contribution in [3.8, 4) is 0 Å². The molecule has 19 heavy (non-hydrogen) atoms. The third kappa shape index (κ3) is 3.14. The molecule has 104 valence electrons. The minimum absolute atomic E-state index is 0.00889. The third-order valence-electron chi connectivity index (χ3n) is 3.73. The zero-order valence-corrected chi connectivity index (χ0v) is 10.7. The molecule has 0 aromatic heterocycles. The maximum Gasteiger partial charge on any atom is 0.271 e. The lowest BCUT2D eigenvalue weighted by molar-refractivity contribution is -0.384. The van der Waals surface area contributed by atoms with Crippen LogP contribution in [-0.4, -0.2) is 22.7 Å². The van der Waals surface area contributed by atoms with Crippen LogP contribution in [0.3, 0.4) is 0 Å². The molecule has 4 N–H and O–H groups in total. The molecule has 6 heteroatoms. The maximum atomic E-state index is 10.6. The molecule has 6 nitrogen and oxygen atoms in total. The van der Waals surface area contributed by atoms with Crippen molar-refractivity contribution in [3.63, 3.8) is 0 Å². The van der Waals surface area contributed by atoms with E-state index in [1.54, 1.807) is 6.07 Å². The Kier molecular flexibility index (Phi) is 4.21. The van der Waals surface area contributed by atoms with Gasteiger partial charge in [0, 0.05) is 30.7 Å². The molecule has 1 aliphatic rings. The summed E-state index contributed by atoms with van der Waals surface area (Å²) in [6.45, 7) is 0.157. The van der Waals surface area contributed by atoms with Gasteiger partial charge in [-0.2, -0.15) is 0 Å². The summed E-state index contributed by atoms with van der Waals surface area (Å²) < 4.78 is 0. The van der Waals surface area contributed by atoms with Crippen molar-refractivity contribution in [2.75, 3.05) is 17.7 Å². The molecular formula is C13H19N3O3. The molecule has 2 atom stereocenters. The van der Waals surface area contributed by atoms with Crippen LogP contribution in [-0.2, 0) is 0 Å². The fraction of sp³-hybridized carbons (Fsp3) is 0.538. The first-order chi connectivity index (χ1) is 9.11. The minimum atomic E-state index is -0.461. The number of nitro benzene ring substituents is 1. The monoisotopic (exact) mass is 265 g/mol. The Morgan fingerprint density at radius 2 is 2.16 bits per heavy atom. The lowest BCUT2D eigenvalue weighted by Gasteiger charge is -2.32. The Labute approximate surface area is 111 Å². The second kappa shape index (κ2) is 5.88. The molecule has 0 amide bonds. The van der Waals surface area contributed by atoms with E-state index >= 15 is 0 Å². The van der Waals surface area contributed by atoms with Gasteiger partial charge in [-0.1, -0.05) is 12.8 Å². The lowest BCUT2D eigenvalue weighted by atomic mass is 9.85. The number of nitrogens with two attached hydrogens (primary N) is 1. The van der Waals surface area contributed by atoms with E-state index in [4.69, 9.17) is 5.73 Å². The highest BCUT2D eigenvalue weighted by Gasteiger charge is 2.25. The summed E-state index contributed by atoms with van der Waals surface area (Å²) in [6, 6.07) is 4.62. The molecule has 2 unspecified atom stereocenters. The zero-order chi connectivity index (χ0) is 13.8. The van der Waals surface area contributed by atoms with Gasteiger partial charge in [0.05, 0.1) is 16.3 Å². The highest BCUT2D eigenvalue weighted by Crippen LogP contribution is 2.30. The normalized spacial score (nSPS) is 23.0. The second-order valence-corrected chi connectivity index (χ2v) is 5.01. The Morgan fingerprint density at radius 1 is 1.42 bits per heavy atom. The Balaban J connectivity index is 2.11. The van der Waals surface area contributed by atoms with Gasteiger partial charge < -0.3 is 16.2 Å². The van der Waals surface area contributed by atoms with Crippen molar-refractivity contribution in [1.29, 1.82) is 0 Å². The van der Waals surface area contributed by atoms with Crippen molar-refractivity contribution in [3.05, 3.63) is 28.3 Å². The van der Waals surface area contributed by atoms with Crippen LogP contribution in [0.2, 0.25) is 0 Å². The first kappa shape index (κ1) is 13.6. The van der Waals surface area contributed by atoms with Gasteiger partial charge in [0.25, 0.3) is 5.69 Å². The number of anilines is 2. The molecule has 1 aromatic carbocycles. The van der Waals surface area contributed by atoms with E-state index in [2.05, 4.69) is 5.32 Å². The largest absolute Gasteiger partial charge is 0.397 e. The van der Waals surface area contributed by atoms with Crippen LogP contribution in [0.25, 0.3) is 0 Å². The van der Waals surface area contributed by atoms with Crippen molar-refractivity contribution in [1.82, 2.24) is 0 Å². The maximum absolute atomic E-state index is 10.6. The number of benzene rings is 1. The van der Waals surface area contributed by atoms with Crippen LogP contribution in [0.5, 0.6) is 0 Å². The summed E-state index contributed by atoms with van der Waals surface area (Å²) in [5.74, 6) is 0.225. The average molecular weight is 265 g/mol. The van der Waals surface area contributed by atoms with Gasteiger partial charge in [0.1, 0.15) is 0 Å². The van der Waals surface area contributed by atoms with Gasteiger partial charge >= 0.3 is 0 Å². The minimum Gasteiger partial charge on any atom is -0.397 e. The fourth-order valence-electron chi connectivity index (χ4n) is 2.61. The van der Waals surface area contributed by atoms with Crippen LogP contribution in [0, 0.1) is 16.0 Å². The first-order valence-electron chi connectivity index (χ1n) is 6.53. The molecule has 2 rings (SSSR count). The molecule has 1 saturated carbocycles. The number of aliphatic hydroxyl groups excluding tert-OH is 1. The van der Waals surface area contributed by atoms with E-state index in [1.807, 2.05) is 0 Å². The van der Waals surface area contributed by atoms with Gasteiger partial charge in [-0.05, 0) is 18.9 Å². The molecular weight excluding hydrogens is 246 g/mol. The number of non-ortho nitro benzene ring substituents is 1. The number of hydrogen-bond acceptors (Lipinski definition) is 5. The summed E-state index contributed by atoms with van der Waals surface area (Å²) in [5, 5.41) is 23.3. The summed E-state index contributed by atoms with van der Waals surface area (Å²) in [4.78, 5) is 10.2. The molecule has 1 aliphatic carbocycles. The molecule has 0 heterocycles. The lowest BCUT2D eigenvalue weighted by Crippen LogP contribution is -2.34. The van der Waals surface area contributed by atoms with Gasteiger partial charge in [-0.3, -0.25) is 10.1 Å². The molecule has 1 aromatic rings. The van der Waals surface area contributed by atoms with E-state index in [9.17, 15) is 15.2 Å². The third-order valence-corrected chi connectivity index (χ3v) is 3.73. The zero-order valence-electron chi connectivity index (χ0n) is 10.7. The van der Waals surface area contributed by atoms with Crippen molar-refractivity contribution in [2.24, 2.45) is 5.92 Å². The SMILES string of the molecule is Nc1cc([N+](=O)[O-])ccc1NC1CCCCC1CO. The second-order valence-electron chi connectivity index (χ2n) is 5.01. The fourth-order valence-corrected chi connectivity index (χ4v) is 2.61. The van der Waals surface area contributed by atoms with Crippen LogP contribution in [0.1, 0.15) is 25.7 Å². The number of nitro groups is 1. The first-order valence-corrected chi connectivity index (χ1v) is 6.53. The van der Waals surface area contributed by atoms with E-state index < -0.39 is 4.92 Å². The highest BCUT2D eigenvalue weighted by atomic mass is 16.6. The number of hydrogen-bond donors (Lipinski definition) is 3. The predicted molar refractivity (Wildman–Crippen MR) is 74.0 cm³/mol. The van der Waals surface area contributed by atoms with Crippen LogP contribution >= 0.6 is 0 Å². The van der Waals surface area contributed by atoms with Gasteiger partial charge in [-0.15, -0.1) is 0 Å². The smallest absolute Gasteiger partial charge is 0.271 e. The topological polar surface area (TPSA) is 101 Å². The summed E-state index contributed by atoms with van der Waals surface area (Å²) in [7, 11) is 0. The Morgan fingerprint density at radius 3 is 2.79 bits per heavy atom. The highest BCUT2D eigenvalue weighted by molar-refractivity contribution is 5.69. The van der Waals surface area contributed by atoms with E-state index in [-0.39, 0.29) is 24.3 Å². The van der Waals surface area contributed by atoms with E-state index in [0.29, 0.717) is 11.4 Å². The standard InChI is InChI=1S/C13H19N3O3/c14-11-7-10(16(18)19)5-6-13(11)15-12-4-2-1-3-9(12)8-17/h5-7,9,12,15,17H,1-4,8,14H2. The van der Waals surface area contributed by atoms with E-state index in [1.165, 1.54) is 12.1 Å². The number of nitrogens with one attached hydrogen (secondary N) is 1. The summed E-state index contributed by atoms with van der Waals surface area (Å²) >= 11 is 0. The Hall–Kier alpha value is -1.82. The molecule has 0 bridgehead atoms. The molecule has 0 radical (unpaired) electrons. The van der Waals surface area contributed by atoms with Crippen LogP contribution in [0.15, 0.2) is 18.2 Å². The van der Waals surface area contributed by atoms with Gasteiger partial charge in [-0.25, -0.2) is 0 Å². The van der Waals surface area contributed by atoms with Crippen LogP contribution in [0.4, 0.5) is 17.1 Å². The average Bonchev–Trinajstić information content (AvgIpc) is 2.41. The quantitative estimate of drug-likeness (QED) is 0.440. The van der Waals surface area contributed by atoms with Crippen LogP contribution < -0.4 is 11.1 Å². The summed E-state index contributed by atoms with van der Waals surface area (Å²) in [5.41, 5.74) is 6.90. The number of rotatable bonds is 4. The molecule has 0 saturated heterocycles. The number of nitrogens with zero attached hydrogens (tertiary/aromatic N) is 1. The summed E-state index contributed by atoms with van der Waals surface area (Å²) in [6.07, 6.45) is 4.25. The number of nitrogen functional groups attached to an aromatic ring is 1. The predicted octanol–water partition coefficient (Wildman–Crippen LogP) is 2.14. The Bertz CT molecular complexity index is 464. The molecule has 1 fully saturated rings. The van der Waals surface area contributed by atoms with Crippen molar-refractivity contribution < 1.29 is 10.0 Å². The van der Waals surface area contributed by atoms with Gasteiger partial charge in [0.15, 0.2) is 0 Å². The molecule has 0 spiro atoms. The molecule has 0 aliphatic heterocycles. The van der Waals surface area contributed by atoms with E-state index in [0.717, 1.165) is 25.7 Å². The van der Waals surface area contributed by atoms with Gasteiger partial charge in [0.2, 0.25) is 0 Å².